The maximum Gasteiger partial charge on any atom is 0.322 e. The Hall–Kier alpha value is -1.14. The molecule has 6 nitrogen and oxygen atoms in total. The lowest BCUT2D eigenvalue weighted by molar-refractivity contribution is 0.378. The van der Waals surface area contributed by atoms with Gasteiger partial charge in [-0.15, -0.1) is 0 Å². The van der Waals surface area contributed by atoms with E-state index in [2.05, 4.69) is 25.2 Å². The van der Waals surface area contributed by atoms with Crippen LogP contribution in [0.25, 0.3) is 0 Å². The van der Waals surface area contributed by atoms with E-state index < -0.39 is 0 Å². The Morgan fingerprint density at radius 2 is 2.12 bits per heavy atom. The third-order valence-electron chi connectivity index (χ3n) is 2.38. The van der Waals surface area contributed by atoms with Crippen LogP contribution in [0.5, 0.6) is 6.01 Å². The molecular formula is C9H14ClN5O. The van der Waals surface area contributed by atoms with Crippen molar-refractivity contribution in [2.24, 2.45) is 0 Å². The topological polar surface area (TPSA) is 63.2 Å². The Bertz CT molecular complexity index is 354. The largest absolute Gasteiger partial charge is 0.467 e. The summed E-state index contributed by atoms with van der Waals surface area (Å²) in [7, 11) is 1.51. The molecule has 0 amide bonds. The van der Waals surface area contributed by atoms with E-state index in [0.717, 1.165) is 32.6 Å². The van der Waals surface area contributed by atoms with Gasteiger partial charge in [-0.25, -0.2) is 0 Å². The zero-order valence-corrected chi connectivity index (χ0v) is 9.87. The van der Waals surface area contributed by atoms with Crippen LogP contribution in [0.1, 0.15) is 6.42 Å². The fraction of sp³-hybridized carbons (Fsp3) is 0.667. The van der Waals surface area contributed by atoms with Gasteiger partial charge in [-0.1, -0.05) is 0 Å². The van der Waals surface area contributed by atoms with Crippen molar-refractivity contribution < 1.29 is 4.74 Å². The molecule has 0 atom stereocenters. The first-order valence-corrected chi connectivity index (χ1v) is 5.58. The van der Waals surface area contributed by atoms with Crippen LogP contribution in [0, 0.1) is 0 Å². The number of ether oxygens (including phenoxy) is 1. The van der Waals surface area contributed by atoms with Crippen LogP contribution >= 0.6 is 11.6 Å². The fourth-order valence-electron chi connectivity index (χ4n) is 1.60. The highest BCUT2D eigenvalue weighted by molar-refractivity contribution is 6.28. The number of nitrogens with one attached hydrogen (secondary N) is 1. The van der Waals surface area contributed by atoms with Crippen LogP contribution in [0.3, 0.4) is 0 Å². The van der Waals surface area contributed by atoms with Gasteiger partial charge in [-0.05, 0) is 24.6 Å². The second-order valence-electron chi connectivity index (χ2n) is 3.48. The second kappa shape index (κ2) is 5.27. The Morgan fingerprint density at radius 3 is 2.94 bits per heavy atom. The summed E-state index contributed by atoms with van der Waals surface area (Å²) in [5, 5.41) is 3.48. The van der Waals surface area contributed by atoms with Crippen LogP contribution in [-0.4, -0.2) is 48.2 Å². The summed E-state index contributed by atoms with van der Waals surface area (Å²) in [4.78, 5) is 14.2. The third-order valence-corrected chi connectivity index (χ3v) is 2.55. The van der Waals surface area contributed by atoms with E-state index in [-0.39, 0.29) is 11.3 Å². The quantitative estimate of drug-likeness (QED) is 0.808. The molecule has 1 saturated heterocycles. The zero-order valence-electron chi connectivity index (χ0n) is 9.11. The number of methoxy groups -OCH3 is 1. The average Bonchev–Trinajstić information content (AvgIpc) is 2.56. The van der Waals surface area contributed by atoms with Crippen molar-refractivity contribution in [3.05, 3.63) is 5.28 Å². The summed E-state index contributed by atoms with van der Waals surface area (Å²) in [6.07, 6.45) is 1.06. The van der Waals surface area contributed by atoms with Gasteiger partial charge in [0.2, 0.25) is 11.2 Å². The van der Waals surface area contributed by atoms with E-state index in [4.69, 9.17) is 16.3 Å². The third kappa shape index (κ3) is 2.70. The molecule has 1 aromatic rings. The second-order valence-corrected chi connectivity index (χ2v) is 3.82. The molecule has 0 aliphatic carbocycles. The molecule has 88 valence electrons. The molecule has 1 aromatic heterocycles. The zero-order chi connectivity index (χ0) is 11.4. The first-order chi connectivity index (χ1) is 7.79. The van der Waals surface area contributed by atoms with E-state index in [9.17, 15) is 0 Å². The number of halogens is 1. The molecule has 1 N–H and O–H groups in total. The number of rotatable bonds is 2. The van der Waals surface area contributed by atoms with Crippen molar-refractivity contribution in [1.29, 1.82) is 0 Å². The lowest BCUT2D eigenvalue weighted by atomic mass is 10.4. The number of anilines is 1. The van der Waals surface area contributed by atoms with Gasteiger partial charge in [0.05, 0.1) is 7.11 Å². The van der Waals surface area contributed by atoms with Crippen molar-refractivity contribution in [3.63, 3.8) is 0 Å². The Labute approximate surface area is 99.0 Å². The molecule has 0 saturated carbocycles. The predicted molar refractivity (Wildman–Crippen MR) is 61.1 cm³/mol. The summed E-state index contributed by atoms with van der Waals surface area (Å²) in [5.74, 6) is 0.584. The summed E-state index contributed by atoms with van der Waals surface area (Å²) < 4.78 is 4.97. The van der Waals surface area contributed by atoms with Gasteiger partial charge < -0.3 is 15.0 Å². The number of hydrogen-bond acceptors (Lipinski definition) is 6. The first kappa shape index (κ1) is 11.3. The standard InChI is InChI=1S/C9H14ClN5O/c1-16-9-13-7(10)12-8(14-9)15-5-2-3-11-4-6-15/h11H,2-6H2,1H3. The van der Waals surface area contributed by atoms with Crippen molar-refractivity contribution >= 4 is 17.5 Å². The maximum absolute atomic E-state index is 5.80. The molecule has 0 unspecified atom stereocenters. The number of nitrogens with zero attached hydrogens (tertiary/aromatic N) is 4. The minimum atomic E-state index is 0.166. The molecule has 1 aliphatic rings. The van der Waals surface area contributed by atoms with E-state index in [1.807, 2.05) is 0 Å². The molecule has 7 heteroatoms. The lowest BCUT2D eigenvalue weighted by Gasteiger charge is -2.19. The summed E-state index contributed by atoms with van der Waals surface area (Å²) in [5.41, 5.74) is 0. The molecule has 0 bridgehead atoms. The smallest absolute Gasteiger partial charge is 0.322 e. The van der Waals surface area contributed by atoms with Crippen LogP contribution in [0.15, 0.2) is 0 Å². The highest BCUT2D eigenvalue weighted by Gasteiger charge is 2.14. The molecular weight excluding hydrogens is 230 g/mol. The molecule has 0 spiro atoms. The molecule has 0 aromatic carbocycles. The Balaban J connectivity index is 2.20. The van der Waals surface area contributed by atoms with Gasteiger partial charge in [0, 0.05) is 19.6 Å². The molecule has 2 heterocycles. The molecule has 1 aliphatic heterocycles. The SMILES string of the molecule is COc1nc(Cl)nc(N2CCCNCC2)n1. The van der Waals surface area contributed by atoms with Crippen molar-refractivity contribution in [3.8, 4) is 6.01 Å². The van der Waals surface area contributed by atoms with Crippen molar-refractivity contribution in [2.75, 3.05) is 38.2 Å². The van der Waals surface area contributed by atoms with E-state index >= 15 is 0 Å². The van der Waals surface area contributed by atoms with Gasteiger partial charge in [0.15, 0.2) is 0 Å². The normalized spacial score (nSPS) is 17.0. The van der Waals surface area contributed by atoms with Gasteiger partial charge >= 0.3 is 6.01 Å². The van der Waals surface area contributed by atoms with Crippen LogP contribution in [-0.2, 0) is 0 Å². The Morgan fingerprint density at radius 1 is 1.25 bits per heavy atom. The minimum Gasteiger partial charge on any atom is -0.467 e. The molecule has 0 radical (unpaired) electrons. The first-order valence-electron chi connectivity index (χ1n) is 5.21. The van der Waals surface area contributed by atoms with E-state index in [1.54, 1.807) is 0 Å². The highest BCUT2D eigenvalue weighted by atomic mass is 35.5. The molecule has 2 rings (SSSR count). The monoisotopic (exact) mass is 243 g/mol. The lowest BCUT2D eigenvalue weighted by Crippen LogP contribution is -2.29. The maximum atomic E-state index is 5.80. The van der Waals surface area contributed by atoms with E-state index in [0.29, 0.717) is 5.95 Å². The Kier molecular flexibility index (Phi) is 3.74. The van der Waals surface area contributed by atoms with Crippen LogP contribution in [0.2, 0.25) is 5.28 Å². The minimum absolute atomic E-state index is 0.166. The highest BCUT2D eigenvalue weighted by Crippen LogP contribution is 2.15. The summed E-state index contributed by atoms with van der Waals surface area (Å²) >= 11 is 5.80. The van der Waals surface area contributed by atoms with Gasteiger partial charge in [-0.2, -0.15) is 15.0 Å². The van der Waals surface area contributed by atoms with Gasteiger partial charge in [0.1, 0.15) is 0 Å². The number of hydrogen-bond donors (Lipinski definition) is 1. The number of aromatic nitrogens is 3. The molecule has 1 fully saturated rings. The van der Waals surface area contributed by atoms with Crippen LogP contribution in [0.4, 0.5) is 5.95 Å². The van der Waals surface area contributed by atoms with Gasteiger partial charge in [0.25, 0.3) is 0 Å². The summed E-state index contributed by atoms with van der Waals surface area (Å²) in [6, 6.07) is 0.257. The summed E-state index contributed by atoms with van der Waals surface area (Å²) in [6.45, 7) is 3.72. The van der Waals surface area contributed by atoms with Crippen molar-refractivity contribution in [1.82, 2.24) is 20.3 Å². The van der Waals surface area contributed by atoms with Gasteiger partial charge in [-0.3, -0.25) is 0 Å². The van der Waals surface area contributed by atoms with Crippen molar-refractivity contribution in [2.45, 2.75) is 6.42 Å². The van der Waals surface area contributed by atoms with Crippen LogP contribution < -0.4 is 15.0 Å². The predicted octanol–water partition coefficient (Wildman–Crippen LogP) is 0.333. The van der Waals surface area contributed by atoms with E-state index in [1.165, 1.54) is 7.11 Å². The average molecular weight is 244 g/mol. The molecule has 16 heavy (non-hydrogen) atoms. The fourth-order valence-corrected chi connectivity index (χ4v) is 1.75.